The molecule has 4 aromatic carbocycles. The Morgan fingerprint density at radius 3 is 2.00 bits per heavy atom. The number of alkyl halides is 3. The molecule has 226 valence electrons. The number of sulfonamides is 2. The lowest BCUT2D eigenvalue weighted by molar-refractivity contribution is -0.137. The van der Waals surface area contributed by atoms with Crippen LogP contribution in [0.25, 0.3) is 0 Å². The van der Waals surface area contributed by atoms with Gasteiger partial charge in [-0.25, -0.2) is 16.8 Å². The van der Waals surface area contributed by atoms with E-state index in [1.54, 1.807) is 26.0 Å². The summed E-state index contributed by atoms with van der Waals surface area (Å²) in [6.45, 7) is 5.20. The lowest BCUT2D eigenvalue weighted by Crippen LogP contribution is -2.18. The molecule has 0 aromatic heterocycles. The SMILES string of the molecule is Cc1ccc(C)c(NS(=O)(=O)c2cc(C(=O)Nc3ccc(S(=O)(=O)Nc4ccc(Cl)c(C(F)(F)F)c4)cc3)ccc2C)c1. The number of amides is 1. The summed E-state index contributed by atoms with van der Waals surface area (Å²) in [7, 11) is -8.34. The molecule has 14 heteroatoms. The first-order valence-corrected chi connectivity index (χ1v) is 15.8. The van der Waals surface area contributed by atoms with Crippen LogP contribution in [0.2, 0.25) is 5.02 Å². The van der Waals surface area contributed by atoms with E-state index in [9.17, 15) is 34.8 Å². The maximum atomic E-state index is 13.2. The predicted octanol–water partition coefficient (Wildman–Crippen LogP) is 7.14. The Bertz CT molecular complexity index is 1930. The molecule has 3 N–H and O–H groups in total. The number of halogens is 4. The number of anilines is 3. The van der Waals surface area contributed by atoms with Gasteiger partial charge in [-0.3, -0.25) is 14.2 Å². The van der Waals surface area contributed by atoms with Gasteiger partial charge in [0.25, 0.3) is 26.0 Å². The fourth-order valence-corrected chi connectivity index (χ4v) is 6.68. The van der Waals surface area contributed by atoms with E-state index >= 15 is 0 Å². The molecule has 0 fully saturated rings. The van der Waals surface area contributed by atoms with E-state index in [1.807, 2.05) is 13.0 Å². The van der Waals surface area contributed by atoms with Gasteiger partial charge in [-0.05, 0) is 98.1 Å². The van der Waals surface area contributed by atoms with Crippen LogP contribution in [0, 0.1) is 20.8 Å². The number of hydrogen-bond donors (Lipinski definition) is 3. The average molecular weight is 652 g/mol. The number of carbonyl (C=O) groups is 1. The lowest BCUT2D eigenvalue weighted by atomic mass is 10.1. The topological polar surface area (TPSA) is 121 Å². The smallest absolute Gasteiger partial charge is 0.322 e. The summed E-state index contributed by atoms with van der Waals surface area (Å²) in [4.78, 5) is 12.6. The highest BCUT2D eigenvalue weighted by Gasteiger charge is 2.33. The second-order valence-electron chi connectivity index (χ2n) is 9.68. The third-order valence-corrected chi connectivity index (χ3v) is 9.56. The molecule has 0 bridgehead atoms. The lowest BCUT2D eigenvalue weighted by Gasteiger charge is -2.14. The van der Waals surface area contributed by atoms with Crippen LogP contribution >= 0.6 is 11.6 Å². The van der Waals surface area contributed by atoms with Crippen LogP contribution in [0.1, 0.15) is 32.6 Å². The summed E-state index contributed by atoms with van der Waals surface area (Å²) in [6, 6.07) is 17.0. The molecule has 0 radical (unpaired) electrons. The van der Waals surface area contributed by atoms with E-state index in [0.29, 0.717) is 17.3 Å². The van der Waals surface area contributed by atoms with E-state index in [1.165, 1.54) is 30.3 Å². The van der Waals surface area contributed by atoms with Crippen LogP contribution in [0.5, 0.6) is 0 Å². The monoisotopic (exact) mass is 651 g/mol. The van der Waals surface area contributed by atoms with Gasteiger partial charge < -0.3 is 5.32 Å². The Hall–Kier alpha value is -4.07. The van der Waals surface area contributed by atoms with Crippen molar-refractivity contribution in [3.8, 4) is 0 Å². The zero-order chi connectivity index (χ0) is 31.7. The molecule has 0 saturated carbocycles. The quantitative estimate of drug-likeness (QED) is 0.187. The summed E-state index contributed by atoms with van der Waals surface area (Å²) in [5.41, 5.74) is 1.10. The van der Waals surface area contributed by atoms with Crippen molar-refractivity contribution in [3.05, 3.63) is 112 Å². The highest BCUT2D eigenvalue weighted by atomic mass is 35.5. The fraction of sp³-hybridized carbons (Fsp3) is 0.138. The molecular weight excluding hydrogens is 627 g/mol. The summed E-state index contributed by atoms with van der Waals surface area (Å²) < 4.78 is 96.0. The van der Waals surface area contributed by atoms with E-state index in [4.69, 9.17) is 11.6 Å². The average Bonchev–Trinajstić information content (AvgIpc) is 2.91. The summed E-state index contributed by atoms with van der Waals surface area (Å²) >= 11 is 5.59. The minimum Gasteiger partial charge on any atom is -0.322 e. The van der Waals surface area contributed by atoms with Crippen molar-refractivity contribution < 1.29 is 34.8 Å². The normalized spacial score (nSPS) is 12.1. The molecule has 0 saturated heterocycles. The third kappa shape index (κ3) is 7.48. The highest BCUT2D eigenvalue weighted by Crippen LogP contribution is 2.36. The fourth-order valence-electron chi connectivity index (χ4n) is 4.02. The molecule has 0 aliphatic rings. The number of hydrogen-bond acceptors (Lipinski definition) is 5. The van der Waals surface area contributed by atoms with Gasteiger partial charge in [-0.2, -0.15) is 13.2 Å². The molecule has 0 spiro atoms. The first kappa shape index (κ1) is 31.9. The molecule has 0 aliphatic carbocycles. The van der Waals surface area contributed by atoms with Crippen LogP contribution in [0.4, 0.5) is 30.2 Å². The molecular formula is C29H25ClF3N3O5S2. The maximum absolute atomic E-state index is 13.2. The Kier molecular flexibility index (Phi) is 8.82. The molecule has 0 heterocycles. The van der Waals surface area contributed by atoms with Crippen LogP contribution in [-0.2, 0) is 26.2 Å². The van der Waals surface area contributed by atoms with Crippen molar-refractivity contribution in [2.75, 3.05) is 14.8 Å². The van der Waals surface area contributed by atoms with Gasteiger partial charge in [0.05, 0.1) is 26.1 Å². The van der Waals surface area contributed by atoms with Crippen molar-refractivity contribution in [1.29, 1.82) is 0 Å². The van der Waals surface area contributed by atoms with Crippen molar-refractivity contribution >= 4 is 54.6 Å². The maximum Gasteiger partial charge on any atom is 0.417 e. The van der Waals surface area contributed by atoms with Crippen LogP contribution < -0.4 is 14.8 Å². The van der Waals surface area contributed by atoms with E-state index in [2.05, 4.69) is 14.8 Å². The largest absolute Gasteiger partial charge is 0.417 e. The minimum absolute atomic E-state index is 0.0357. The van der Waals surface area contributed by atoms with Crippen molar-refractivity contribution in [2.45, 2.75) is 36.7 Å². The van der Waals surface area contributed by atoms with E-state index in [-0.39, 0.29) is 26.7 Å². The summed E-state index contributed by atoms with van der Waals surface area (Å²) in [6.07, 6.45) is -4.78. The van der Waals surface area contributed by atoms with Gasteiger partial charge >= 0.3 is 6.18 Å². The van der Waals surface area contributed by atoms with Crippen LogP contribution in [0.15, 0.2) is 88.7 Å². The Balaban J connectivity index is 1.51. The zero-order valence-corrected chi connectivity index (χ0v) is 25.3. The molecule has 8 nitrogen and oxygen atoms in total. The molecule has 4 rings (SSSR count). The summed E-state index contributed by atoms with van der Waals surface area (Å²) in [5.74, 6) is -0.655. The molecule has 1 amide bonds. The van der Waals surface area contributed by atoms with Crippen molar-refractivity contribution in [3.63, 3.8) is 0 Å². The first-order chi connectivity index (χ1) is 20.0. The zero-order valence-electron chi connectivity index (χ0n) is 22.9. The standard InChI is InChI=1S/C29H25ClF3N3O5S2/c1-17-4-5-18(2)26(14-17)36-43(40,41)27-15-20(7-6-19(27)3)28(37)34-21-8-11-23(12-9-21)42(38,39)35-22-10-13-25(30)24(16-22)29(31,32)33/h4-16,35-36H,1-3H3,(H,34,37). The Labute approximate surface area is 252 Å². The van der Waals surface area contributed by atoms with Gasteiger partial charge in [0, 0.05) is 16.9 Å². The molecule has 0 atom stereocenters. The molecule has 4 aromatic rings. The van der Waals surface area contributed by atoms with E-state index in [0.717, 1.165) is 35.4 Å². The highest BCUT2D eigenvalue weighted by molar-refractivity contribution is 7.93. The molecule has 0 unspecified atom stereocenters. The Morgan fingerprint density at radius 1 is 0.721 bits per heavy atom. The van der Waals surface area contributed by atoms with Gasteiger partial charge in [-0.1, -0.05) is 29.8 Å². The van der Waals surface area contributed by atoms with Gasteiger partial charge in [0.15, 0.2) is 0 Å². The predicted molar refractivity (Wildman–Crippen MR) is 160 cm³/mol. The van der Waals surface area contributed by atoms with E-state index < -0.39 is 42.7 Å². The second-order valence-corrected chi connectivity index (χ2v) is 13.4. The van der Waals surface area contributed by atoms with Crippen molar-refractivity contribution in [2.24, 2.45) is 0 Å². The van der Waals surface area contributed by atoms with Gasteiger partial charge in [-0.15, -0.1) is 0 Å². The first-order valence-electron chi connectivity index (χ1n) is 12.5. The summed E-state index contributed by atoms with van der Waals surface area (Å²) in [5, 5.41) is 1.99. The number of rotatable bonds is 8. The van der Waals surface area contributed by atoms with Gasteiger partial charge in [0.1, 0.15) is 0 Å². The number of nitrogens with one attached hydrogen (secondary N) is 3. The third-order valence-electron chi connectivity index (χ3n) is 6.32. The molecule has 0 aliphatic heterocycles. The number of benzene rings is 4. The van der Waals surface area contributed by atoms with Crippen LogP contribution in [0.3, 0.4) is 0 Å². The van der Waals surface area contributed by atoms with Gasteiger partial charge in [0.2, 0.25) is 0 Å². The van der Waals surface area contributed by atoms with Crippen LogP contribution in [-0.4, -0.2) is 22.7 Å². The minimum atomic E-state index is -4.78. The Morgan fingerprint density at radius 2 is 1.35 bits per heavy atom. The molecule has 43 heavy (non-hydrogen) atoms. The number of carbonyl (C=O) groups excluding carboxylic acids is 1. The number of aryl methyl sites for hydroxylation is 3. The second kappa shape index (κ2) is 11.9. The van der Waals surface area contributed by atoms with Crippen molar-refractivity contribution in [1.82, 2.24) is 0 Å².